The molecule has 2 aromatic heterocycles. The van der Waals surface area contributed by atoms with Crippen LogP contribution < -0.4 is 0 Å². The average Bonchev–Trinajstić information content (AvgIpc) is 3.15. The highest BCUT2D eigenvalue weighted by Crippen LogP contribution is 2.15. The molecule has 0 unspecified atom stereocenters. The van der Waals surface area contributed by atoms with Crippen molar-refractivity contribution >= 4 is 25.0 Å². The van der Waals surface area contributed by atoms with Gasteiger partial charge < -0.3 is 8.83 Å². The Morgan fingerprint density at radius 2 is 1.14 bits per heavy atom. The Labute approximate surface area is 127 Å². The number of carbonyl (C=O) groups is 2. The van der Waals surface area contributed by atoms with Gasteiger partial charge in [0, 0.05) is 12.8 Å². The van der Waals surface area contributed by atoms with Gasteiger partial charge in [-0.2, -0.15) is 0 Å². The zero-order chi connectivity index (χ0) is 15.6. The second-order valence-corrected chi connectivity index (χ2v) is 4.49. The molecule has 0 spiro atoms. The minimum Gasteiger partial charge on any atom is -0.464 e. The first-order chi connectivity index (χ1) is 10.8. The van der Waals surface area contributed by atoms with Gasteiger partial charge >= 0.3 is 0 Å². The number of carbonyl (C=O) groups excluding carboxylic acids is 2. The molecule has 0 aliphatic rings. The Kier molecular flexibility index (Phi) is 6.04. The first-order valence-corrected chi connectivity index (χ1v) is 6.84. The van der Waals surface area contributed by atoms with E-state index in [4.69, 9.17) is 8.83 Å². The zero-order valence-corrected chi connectivity index (χ0v) is 12.0. The Morgan fingerprint density at radius 1 is 0.727 bits per heavy atom. The second-order valence-electron chi connectivity index (χ2n) is 4.49. The first kappa shape index (κ1) is 15.6. The lowest BCUT2D eigenvalue weighted by Crippen LogP contribution is -1.87. The van der Waals surface area contributed by atoms with E-state index in [0.717, 1.165) is 23.0 Å². The molecule has 0 saturated carbocycles. The van der Waals surface area contributed by atoms with Crippen LogP contribution in [0.4, 0.5) is 0 Å². The molecule has 0 radical (unpaired) electrons. The van der Waals surface area contributed by atoms with E-state index < -0.39 is 0 Å². The molecule has 0 atom stereocenters. The molecule has 0 saturated heterocycles. The van der Waals surface area contributed by atoms with Crippen LogP contribution in [0.25, 0.3) is 0 Å². The fourth-order valence-electron chi connectivity index (χ4n) is 1.90. The van der Waals surface area contributed by atoms with E-state index in [0.29, 0.717) is 38.5 Å². The van der Waals surface area contributed by atoms with E-state index >= 15 is 0 Å². The number of furan rings is 2. The Hall–Kier alpha value is -2.76. The number of hydrogen-bond donors (Lipinski definition) is 0. The van der Waals surface area contributed by atoms with Gasteiger partial charge in [0.25, 0.3) is 0 Å². The Bertz CT molecular complexity index is 609. The molecule has 0 fully saturated rings. The number of nitrogens with zero attached hydrogens (tertiary/aromatic N) is 2. The molecule has 2 heterocycles. The van der Waals surface area contributed by atoms with Crippen molar-refractivity contribution in [2.45, 2.75) is 25.9 Å². The standard InChI is InChI=1S/C16H16N2O4/c19-9-7-17-11-15-5-3-13(21-15)1-2-14-4-6-16(22-14)12-18-8-10-20/h3-10H,1-2,11-12H2. The predicted molar refractivity (Wildman–Crippen MR) is 81.3 cm³/mol. The molecule has 22 heavy (non-hydrogen) atoms. The number of aryl methyl sites for hydroxylation is 2. The highest BCUT2D eigenvalue weighted by atomic mass is 16.3. The molecule has 6 nitrogen and oxygen atoms in total. The van der Waals surface area contributed by atoms with E-state index in [2.05, 4.69) is 9.98 Å². The largest absolute Gasteiger partial charge is 0.464 e. The third kappa shape index (κ3) is 4.97. The molecule has 0 amide bonds. The van der Waals surface area contributed by atoms with Crippen molar-refractivity contribution in [1.29, 1.82) is 0 Å². The van der Waals surface area contributed by atoms with Gasteiger partial charge in [-0.1, -0.05) is 0 Å². The smallest absolute Gasteiger partial charge is 0.160 e. The number of rotatable bonds is 9. The van der Waals surface area contributed by atoms with Crippen LogP contribution in [0.15, 0.2) is 43.1 Å². The molecule has 0 bridgehead atoms. The highest BCUT2D eigenvalue weighted by molar-refractivity contribution is 6.13. The monoisotopic (exact) mass is 300 g/mol. The van der Waals surface area contributed by atoms with Gasteiger partial charge in [-0.05, 0) is 24.3 Å². The number of hydrogen-bond acceptors (Lipinski definition) is 6. The number of aldehydes is 2. The lowest BCUT2D eigenvalue weighted by molar-refractivity contribution is -0.103. The topological polar surface area (TPSA) is 85.1 Å². The third-order valence-corrected chi connectivity index (χ3v) is 2.88. The molecule has 114 valence electrons. The summed E-state index contributed by atoms with van der Waals surface area (Å²) in [6, 6.07) is 7.48. The fraction of sp³-hybridized carbons (Fsp3) is 0.250. The van der Waals surface area contributed by atoms with Crippen molar-refractivity contribution in [3.63, 3.8) is 0 Å². The van der Waals surface area contributed by atoms with Crippen molar-refractivity contribution in [2.24, 2.45) is 9.98 Å². The van der Waals surface area contributed by atoms with Crippen molar-refractivity contribution < 1.29 is 18.4 Å². The van der Waals surface area contributed by atoms with Crippen LogP contribution in [-0.2, 0) is 35.5 Å². The van der Waals surface area contributed by atoms with Crippen LogP contribution in [-0.4, -0.2) is 25.0 Å². The summed E-state index contributed by atoms with van der Waals surface area (Å²) in [4.78, 5) is 28.0. The van der Waals surface area contributed by atoms with E-state index in [1.165, 1.54) is 12.4 Å². The van der Waals surface area contributed by atoms with Crippen LogP contribution in [0.3, 0.4) is 0 Å². The second kappa shape index (κ2) is 8.51. The van der Waals surface area contributed by atoms with Gasteiger partial charge in [-0.25, -0.2) is 0 Å². The van der Waals surface area contributed by atoms with Gasteiger partial charge in [0.2, 0.25) is 0 Å². The Morgan fingerprint density at radius 3 is 1.55 bits per heavy atom. The summed E-state index contributed by atoms with van der Waals surface area (Å²) < 4.78 is 11.2. The van der Waals surface area contributed by atoms with Gasteiger partial charge in [-0.15, -0.1) is 0 Å². The summed E-state index contributed by atoms with van der Waals surface area (Å²) in [6.07, 6.45) is 5.11. The summed E-state index contributed by atoms with van der Waals surface area (Å²) in [7, 11) is 0. The molecular weight excluding hydrogens is 284 g/mol. The highest BCUT2D eigenvalue weighted by Gasteiger charge is 2.05. The first-order valence-electron chi connectivity index (χ1n) is 6.84. The van der Waals surface area contributed by atoms with Crippen molar-refractivity contribution in [3.8, 4) is 0 Å². The summed E-state index contributed by atoms with van der Waals surface area (Å²) in [5.74, 6) is 3.12. The maximum Gasteiger partial charge on any atom is 0.160 e. The van der Waals surface area contributed by atoms with Crippen LogP contribution in [0, 0.1) is 0 Å². The zero-order valence-electron chi connectivity index (χ0n) is 12.0. The lowest BCUT2D eigenvalue weighted by Gasteiger charge is -1.96. The van der Waals surface area contributed by atoms with Crippen LogP contribution >= 0.6 is 0 Å². The van der Waals surface area contributed by atoms with Gasteiger partial charge in [0.15, 0.2) is 12.6 Å². The number of aliphatic imine (C=N–C) groups is 2. The SMILES string of the molecule is O=CC=NCc1ccc(CCc2ccc(CN=CC=O)o2)o1. The maximum atomic E-state index is 10.1. The van der Waals surface area contributed by atoms with Crippen molar-refractivity contribution in [2.75, 3.05) is 0 Å². The van der Waals surface area contributed by atoms with Crippen molar-refractivity contribution in [3.05, 3.63) is 47.3 Å². The summed E-state index contributed by atoms with van der Waals surface area (Å²) in [5, 5.41) is 0. The van der Waals surface area contributed by atoms with E-state index in [-0.39, 0.29) is 0 Å². The normalized spacial score (nSPS) is 11.5. The van der Waals surface area contributed by atoms with Crippen LogP contribution in [0.2, 0.25) is 0 Å². The van der Waals surface area contributed by atoms with Crippen LogP contribution in [0.1, 0.15) is 23.0 Å². The third-order valence-electron chi connectivity index (χ3n) is 2.88. The van der Waals surface area contributed by atoms with Gasteiger partial charge in [-0.3, -0.25) is 19.6 Å². The fourth-order valence-corrected chi connectivity index (χ4v) is 1.90. The molecule has 6 heteroatoms. The van der Waals surface area contributed by atoms with Crippen molar-refractivity contribution in [1.82, 2.24) is 0 Å². The molecular formula is C16H16N2O4. The molecule has 2 aromatic rings. The minimum absolute atomic E-state index is 0.360. The summed E-state index contributed by atoms with van der Waals surface area (Å²) in [5.41, 5.74) is 0. The quantitative estimate of drug-likeness (QED) is 0.525. The lowest BCUT2D eigenvalue weighted by atomic mass is 10.2. The Balaban J connectivity index is 1.82. The molecule has 0 aromatic carbocycles. The summed E-state index contributed by atoms with van der Waals surface area (Å²) >= 11 is 0. The average molecular weight is 300 g/mol. The van der Waals surface area contributed by atoms with E-state index in [1.807, 2.05) is 24.3 Å². The molecule has 0 aliphatic heterocycles. The van der Waals surface area contributed by atoms with E-state index in [9.17, 15) is 9.59 Å². The molecule has 2 rings (SSSR count). The molecule has 0 N–H and O–H groups in total. The maximum absolute atomic E-state index is 10.1. The summed E-state index contributed by atoms with van der Waals surface area (Å²) in [6.45, 7) is 0.719. The minimum atomic E-state index is 0.360. The predicted octanol–water partition coefficient (Wildman–Crippen LogP) is 2.20. The van der Waals surface area contributed by atoms with Gasteiger partial charge in [0.1, 0.15) is 23.0 Å². The van der Waals surface area contributed by atoms with Crippen LogP contribution in [0.5, 0.6) is 0 Å². The molecule has 0 aliphatic carbocycles. The van der Waals surface area contributed by atoms with Gasteiger partial charge in [0.05, 0.1) is 25.5 Å². The van der Waals surface area contributed by atoms with E-state index in [1.54, 1.807) is 0 Å².